The molecular formula is C11H13F2NO2. The van der Waals surface area contributed by atoms with E-state index in [9.17, 15) is 19.0 Å². The van der Waals surface area contributed by atoms with Crippen molar-refractivity contribution in [3.05, 3.63) is 23.3 Å². The Balaban J connectivity index is 2.63. The molecule has 0 saturated heterocycles. The fraction of sp³-hybridized carbons (Fsp3) is 0.455. The molecule has 1 aliphatic rings. The van der Waals surface area contributed by atoms with Crippen molar-refractivity contribution in [2.45, 2.75) is 31.2 Å². The van der Waals surface area contributed by atoms with Crippen LogP contribution >= 0.6 is 0 Å². The molecule has 88 valence electrons. The van der Waals surface area contributed by atoms with E-state index in [4.69, 9.17) is 5.73 Å². The maximum atomic E-state index is 13.7. The Morgan fingerprint density at radius 1 is 1.06 bits per heavy atom. The maximum Gasteiger partial charge on any atom is 0.173 e. The van der Waals surface area contributed by atoms with E-state index in [-0.39, 0.29) is 0 Å². The zero-order chi connectivity index (χ0) is 11.9. The molecule has 1 fully saturated rings. The van der Waals surface area contributed by atoms with Crippen molar-refractivity contribution in [3.63, 3.8) is 0 Å². The second-order valence-electron chi connectivity index (χ2n) is 4.28. The summed E-state index contributed by atoms with van der Waals surface area (Å²) in [5, 5.41) is 18.4. The van der Waals surface area contributed by atoms with Crippen molar-refractivity contribution >= 4 is 0 Å². The van der Waals surface area contributed by atoms with E-state index in [0.29, 0.717) is 18.9 Å². The number of phenolic OH excluding ortho intramolecular Hbond substituents is 2. The lowest BCUT2D eigenvalue weighted by molar-refractivity contribution is 0.352. The molecule has 0 spiro atoms. The molecule has 0 atom stereocenters. The van der Waals surface area contributed by atoms with Gasteiger partial charge in [0.15, 0.2) is 23.1 Å². The molecule has 3 nitrogen and oxygen atoms in total. The molecule has 1 aromatic carbocycles. The standard InChI is InChI=1S/C11H13F2NO2/c12-9-6(15)5-7(16)10(13)8(9)11(14)3-1-2-4-11/h5,15-16H,1-4,14H2. The van der Waals surface area contributed by atoms with Crippen LogP contribution < -0.4 is 5.73 Å². The smallest absolute Gasteiger partial charge is 0.173 e. The summed E-state index contributed by atoms with van der Waals surface area (Å²) in [6.45, 7) is 0. The van der Waals surface area contributed by atoms with Gasteiger partial charge in [-0.25, -0.2) is 8.78 Å². The van der Waals surface area contributed by atoms with E-state index < -0.39 is 34.2 Å². The van der Waals surface area contributed by atoms with E-state index >= 15 is 0 Å². The first-order valence-corrected chi connectivity index (χ1v) is 5.15. The average molecular weight is 229 g/mol. The van der Waals surface area contributed by atoms with Crippen molar-refractivity contribution in [1.82, 2.24) is 0 Å². The number of hydrogen-bond donors (Lipinski definition) is 3. The number of hydrogen-bond acceptors (Lipinski definition) is 3. The molecule has 4 N–H and O–H groups in total. The van der Waals surface area contributed by atoms with Crippen molar-refractivity contribution in [2.24, 2.45) is 5.73 Å². The third-order valence-electron chi connectivity index (χ3n) is 3.16. The number of rotatable bonds is 1. The molecule has 0 unspecified atom stereocenters. The molecular weight excluding hydrogens is 216 g/mol. The summed E-state index contributed by atoms with van der Waals surface area (Å²) in [6, 6.07) is 0.645. The molecule has 1 aliphatic carbocycles. The summed E-state index contributed by atoms with van der Waals surface area (Å²) in [6.07, 6.45) is 2.46. The van der Waals surface area contributed by atoms with Gasteiger partial charge in [0.05, 0.1) is 5.56 Å². The lowest BCUT2D eigenvalue weighted by Crippen LogP contribution is -2.35. The molecule has 0 radical (unpaired) electrons. The molecule has 0 bridgehead atoms. The molecule has 16 heavy (non-hydrogen) atoms. The van der Waals surface area contributed by atoms with Crippen LogP contribution in [0.3, 0.4) is 0 Å². The highest BCUT2D eigenvalue weighted by molar-refractivity contribution is 5.43. The van der Waals surface area contributed by atoms with Crippen molar-refractivity contribution in [1.29, 1.82) is 0 Å². The van der Waals surface area contributed by atoms with Crippen LogP contribution in [0.25, 0.3) is 0 Å². The Kier molecular flexibility index (Phi) is 2.50. The van der Waals surface area contributed by atoms with Gasteiger partial charge in [-0.3, -0.25) is 0 Å². The summed E-state index contributed by atoms with van der Waals surface area (Å²) in [4.78, 5) is 0. The normalized spacial score (nSPS) is 18.9. The zero-order valence-corrected chi connectivity index (χ0v) is 8.63. The fourth-order valence-electron chi connectivity index (χ4n) is 2.30. The first-order valence-electron chi connectivity index (χ1n) is 5.15. The third-order valence-corrected chi connectivity index (χ3v) is 3.16. The minimum absolute atomic E-state index is 0.400. The number of aromatic hydroxyl groups is 2. The minimum Gasteiger partial charge on any atom is -0.505 e. The van der Waals surface area contributed by atoms with Gasteiger partial charge in [0, 0.05) is 11.6 Å². The van der Waals surface area contributed by atoms with Crippen LogP contribution in [-0.4, -0.2) is 10.2 Å². The average Bonchev–Trinajstić information content (AvgIpc) is 2.63. The largest absolute Gasteiger partial charge is 0.505 e. The van der Waals surface area contributed by atoms with Gasteiger partial charge in [0.2, 0.25) is 0 Å². The van der Waals surface area contributed by atoms with Crippen LogP contribution in [0.15, 0.2) is 6.07 Å². The summed E-state index contributed by atoms with van der Waals surface area (Å²) in [5.41, 5.74) is 4.40. The van der Waals surface area contributed by atoms with Gasteiger partial charge in [0.1, 0.15) is 0 Å². The highest BCUT2D eigenvalue weighted by Gasteiger charge is 2.38. The number of benzene rings is 1. The van der Waals surface area contributed by atoms with Crippen LogP contribution in [0, 0.1) is 11.6 Å². The Bertz CT molecular complexity index is 402. The Morgan fingerprint density at radius 3 is 1.94 bits per heavy atom. The summed E-state index contributed by atoms with van der Waals surface area (Å²) in [7, 11) is 0. The molecule has 5 heteroatoms. The molecule has 1 aromatic rings. The Morgan fingerprint density at radius 2 is 1.50 bits per heavy atom. The predicted octanol–water partition coefficient (Wildman–Crippen LogP) is 2.10. The van der Waals surface area contributed by atoms with E-state index in [1.807, 2.05) is 0 Å². The van der Waals surface area contributed by atoms with Crippen LogP contribution in [-0.2, 0) is 5.54 Å². The zero-order valence-electron chi connectivity index (χ0n) is 8.63. The third kappa shape index (κ3) is 1.51. The maximum absolute atomic E-state index is 13.7. The second-order valence-corrected chi connectivity index (χ2v) is 4.28. The summed E-state index contributed by atoms with van der Waals surface area (Å²) >= 11 is 0. The van der Waals surface area contributed by atoms with E-state index in [0.717, 1.165) is 12.8 Å². The first kappa shape index (κ1) is 11.1. The highest BCUT2D eigenvalue weighted by Crippen LogP contribution is 2.42. The number of halogens is 2. The van der Waals surface area contributed by atoms with Crippen LogP contribution in [0.5, 0.6) is 11.5 Å². The molecule has 1 saturated carbocycles. The van der Waals surface area contributed by atoms with Crippen LogP contribution in [0.1, 0.15) is 31.2 Å². The van der Waals surface area contributed by atoms with Crippen LogP contribution in [0.4, 0.5) is 8.78 Å². The van der Waals surface area contributed by atoms with Gasteiger partial charge >= 0.3 is 0 Å². The van der Waals surface area contributed by atoms with Gasteiger partial charge in [-0.2, -0.15) is 0 Å². The quantitative estimate of drug-likeness (QED) is 0.690. The second kappa shape index (κ2) is 3.59. The number of nitrogens with two attached hydrogens (primary N) is 1. The van der Waals surface area contributed by atoms with Crippen molar-refractivity contribution in [2.75, 3.05) is 0 Å². The molecule has 2 rings (SSSR count). The summed E-state index contributed by atoms with van der Waals surface area (Å²) < 4.78 is 27.3. The fourth-order valence-corrected chi connectivity index (χ4v) is 2.30. The molecule has 0 amide bonds. The monoisotopic (exact) mass is 229 g/mol. The van der Waals surface area contributed by atoms with E-state index in [2.05, 4.69) is 0 Å². The minimum atomic E-state index is -1.12. The van der Waals surface area contributed by atoms with Gasteiger partial charge in [-0.05, 0) is 12.8 Å². The first-order chi connectivity index (χ1) is 7.46. The Hall–Kier alpha value is -1.36. The molecule has 0 heterocycles. The van der Waals surface area contributed by atoms with Gasteiger partial charge < -0.3 is 15.9 Å². The van der Waals surface area contributed by atoms with E-state index in [1.165, 1.54) is 0 Å². The van der Waals surface area contributed by atoms with Gasteiger partial charge in [0.25, 0.3) is 0 Å². The van der Waals surface area contributed by atoms with Gasteiger partial charge in [-0.1, -0.05) is 12.8 Å². The summed E-state index contributed by atoms with van der Waals surface area (Å²) in [5.74, 6) is -3.68. The van der Waals surface area contributed by atoms with Gasteiger partial charge in [-0.15, -0.1) is 0 Å². The molecule has 0 aliphatic heterocycles. The lowest BCUT2D eigenvalue weighted by atomic mass is 9.88. The Labute approximate surface area is 91.5 Å². The van der Waals surface area contributed by atoms with Crippen molar-refractivity contribution < 1.29 is 19.0 Å². The topological polar surface area (TPSA) is 66.5 Å². The predicted molar refractivity (Wildman–Crippen MR) is 54.0 cm³/mol. The van der Waals surface area contributed by atoms with E-state index in [1.54, 1.807) is 0 Å². The molecule has 0 aromatic heterocycles. The highest BCUT2D eigenvalue weighted by atomic mass is 19.1. The van der Waals surface area contributed by atoms with Crippen molar-refractivity contribution in [3.8, 4) is 11.5 Å². The SMILES string of the molecule is NC1(c2c(F)c(O)cc(O)c2F)CCCC1. The number of phenols is 2. The lowest BCUT2D eigenvalue weighted by Gasteiger charge is -2.25. The van der Waals surface area contributed by atoms with Crippen LogP contribution in [0.2, 0.25) is 0 Å².